The number of benzene rings is 6. The molecule has 0 atom stereocenters. The van der Waals surface area contributed by atoms with Gasteiger partial charge in [-0.25, -0.2) is 4.98 Å². The van der Waals surface area contributed by atoms with Crippen molar-refractivity contribution in [1.29, 1.82) is 0 Å². The fourth-order valence-electron chi connectivity index (χ4n) is 8.80. The van der Waals surface area contributed by atoms with Crippen LogP contribution in [0, 0.1) is 6.07 Å². The smallest absolute Gasteiger partial charge is 0.148 e. The van der Waals surface area contributed by atoms with E-state index in [-0.39, 0.29) is 48.5 Å². The minimum atomic E-state index is -1.72. The fraction of sp³-hybridized carbons (Fsp3) is 0.311. The predicted molar refractivity (Wildman–Crippen MR) is 284 cm³/mol. The van der Waals surface area contributed by atoms with E-state index in [1.54, 1.807) is 0 Å². The van der Waals surface area contributed by atoms with Crippen LogP contribution in [0.2, 0.25) is 19.6 Å². The molecular formula is C61H68N3OPtSi-. The largest absolute Gasteiger partial charge is 0.507 e. The number of imidazole rings is 1. The molecule has 0 spiro atoms. The molecule has 4 nitrogen and oxygen atoms in total. The van der Waals surface area contributed by atoms with Crippen molar-refractivity contribution in [2.24, 2.45) is 0 Å². The molecule has 0 aliphatic rings. The van der Waals surface area contributed by atoms with E-state index in [4.69, 9.17) is 9.97 Å². The molecule has 6 heteroatoms. The summed E-state index contributed by atoms with van der Waals surface area (Å²) in [5.74, 6) is 0.958. The van der Waals surface area contributed by atoms with Crippen molar-refractivity contribution in [3.63, 3.8) is 0 Å². The average Bonchev–Trinajstić information content (AvgIpc) is 3.64. The Morgan fingerprint density at radius 1 is 0.522 bits per heavy atom. The van der Waals surface area contributed by atoms with Crippen LogP contribution in [0.5, 0.6) is 5.75 Å². The third-order valence-electron chi connectivity index (χ3n) is 13.0. The number of hydrogen-bond donors (Lipinski definition) is 1. The Balaban J connectivity index is 0.00000666. The van der Waals surface area contributed by atoms with Gasteiger partial charge in [-0.05, 0) is 73.7 Å². The van der Waals surface area contributed by atoms with Crippen LogP contribution >= 0.6 is 0 Å². The zero-order valence-corrected chi connectivity index (χ0v) is 45.6. The van der Waals surface area contributed by atoms with Crippen LogP contribution in [0.4, 0.5) is 0 Å². The standard InChI is InChI=1S/C61H68N3OSi.Pt/c1-58(2,3)44-26-24-39(25-27-44)41-30-31-62-52(35-41)43-32-42(33-45(34-43)59(4,5)6)48-22-19-23-54-55(48)63-57(50-36-46(60(7,8)9)37-51(56(50)65)61(10,11)12)64(54)53-29-28-47(66(13,14)15)38-49(53)40-20-17-16-18-21-40;/h16-31,33-38,65H,1-15H3;/q-1;. The van der Waals surface area contributed by atoms with Crippen molar-refractivity contribution in [1.82, 2.24) is 14.5 Å². The number of phenolic OH excluding ortho intramolecular Hbond substituents is 1. The van der Waals surface area contributed by atoms with Crippen LogP contribution in [-0.4, -0.2) is 27.7 Å². The molecular weight excluding hydrogens is 1010 g/mol. The summed E-state index contributed by atoms with van der Waals surface area (Å²) >= 11 is 0. The van der Waals surface area contributed by atoms with Crippen molar-refractivity contribution in [2.45, 2.75) is 124 Å². The molecule has 0 saturated heterocycles. The summed E-state index contributed by atoms with van der Waals surface area (Å²) in [4.78, 5) is 10.7. The summed E-state index contributed by atoms with van der Waals surface area (Å²) in [6.45, 7) is 34.0. The van der Waals surface area contributed by atoms with Crippen molar-refractivity contribution < 1.29 is 26.2 Å². The summed E-state index contributed by atoms with van der Waals surface area (Å²) in [5.41, 5.74) is 15.7. The number of pyridine rings is 1. The molecule has 0 saturated carbocycles. The first-order valence-electron chi connectivity index (χ1n) is 23.5. The molecule has 0 fully saturated rings. The minimum absolute atomic E-state index is 0. The van der Waals surface area contributed by atoms with Crippen LogP contribution in [0.15, 0.2) is 134 Å². The first-order chi connectivity index (χ1) is 30.8. The van der Waals surface area contributed by atoms with Gasteiger partial charge in [-0.15, -0.1) is 29.3 Å². The molecule has 0 aliphatic carbocycles. The van der Waals surface area contributed by atoms with Gasteiger partial charge in [0.05, 0.1) is 30.4 Å². The first kappa shape index (κ1) is 49.5. The normalized spacial score (nSPS) is 12.6. The fourth-order valence-corrected chi connectivity index (χ4v) is 9.96. The molecule has 0 bridgehead atoms. The van der Waals surface area contributed by atoms with Gasteiger partial charge in [0.15, 0.2) is 0 Å². The Kier molecular flexibility index (Phi) is 13.3. The number of aromatic nitrogens is 3. The van der Waals surface area contributed by atoms with Crippen molar-refractivity contribution in [3.8, 4) is 67.5 Å². The second kappa shape index (κ2) is 17.9. The van der Waals surface area contributed by atoms with E-state index in [9.17, 15) is 5.11 Å². The Bertz CT molecular complexity index is 3090. The zero-order valence-electron chi connectivity index (χ0n) is 42.3. The van der Waals surface area contributed by atoms with Gasteiger partial charge in [0.25, 0.3) is 0 Å². The third-order valence-corrected chi connectivity index (χ3v) is 15.1. The van der Waals surface area contributed by atoms with Gasteiger partial charge in [0.2, 0.25) is 0 Å². The van der Waals surface area contributed by atoms with Crippen molar-refractivity contribution >= 4 is 24.3 Å². The van der Waals surface area contributed by atoms with Gasteiger partial charge in [-0.1, -0.05) is 210 Å². The van der Waals surface area contributed by atoms with E-state index < -0.39 is 8.07 Å². The second-order valence-electron chi connectivity index (χ2n) is 23.4. The van der Waals surface area contributed by atoms with Gasteiger partial charge >= 0.3 is 0 Å². The Hall–Kier alpha value is -5.35. The van der Waals surface area contributed by atoms with Gasteiger partial charge in [0, 0.05) is 44.1 Å². The zero-order chi connectivity index (χ0) is 47.7. The molecule has 348 valence electrons. The first-order valence-corrected chi connectivity index (χ1v) is 27.0. The minimum Gasteiger partial charge on any atom is -0.507 e. The van der Waals surface area contributed by atoms with Gasteiger partial charge in [-0.3, -0.25) is 9.55 Å². The average molecular weight is 1080 g/mol. The predicted octanol–water partition coefficient (Wildman–Crippen LogP) is 16.0. The molecule has 0 amide bonds. The Morgan fingerprint density at radius 3 is 1.76 bits per heavy atom. The Morgan fingerprint density at radius 2 is 1.15 bits per heavy atom. The molecule has 6 aromatic carbocycles. The van der Waals surface area contributed by atoms with Gasteiger partial charge in [0.1, 0.15) is 11.6 Å². The molecule has 67 heavy (non-hydrogen) atoms. The summed E-state index contributed by atoms with van der Waals surface area (Å²) in [5, 5.41) is 13.9. The van der Waals surface area contributed by atoms with E-state index in [1.165, 1.54) is 16.3 Å². The van der Waals surface area contributed by atoms with E-state index >= 15 is 0 Å². The summed E-state index contributed by atoms with van der Waals surface area (Å²) in [6.07, 6.45) is 1.91. The maximum atomic E-state index is 12.6. The summed E-state index contributed by atoms with van der Waals surface area (Å²) in [7, 11) is -1.72. The maximum Gasteiger partial charge on any atom is 0.148 e. The monoisotopic (exact) mass is 1080 g/mol. The van der Waals surface area contributed by atoms with Crippen LogP contribution < -0.4 is 5.19 Å². The Labute approximate surface area is 416 Å². The molecule has 2 heterocycles. The molecule has 0 radical (unpaired) electrons. The van der Waals surface area contributed by atoms with Crippen LogP contribution in [0.25, 0.3) is 72.7 Å². The second-order valence-corrected chi connectivity index (χ2v) is 28.5. The van der Waals surface area contributed by atoms with E-state index in [0.717, 1.165) is 72.5 Å². The van der Waals surface area contributed by atoms with E-state index in [1.807, 2.05) is 6.20 Å². The van der Waals surface area contributed by atoms with Gasteiger partial charge in [-0.2, -0.15) is 0 Å². The summed E-state index contributed by atoms with van der Waals surface area (Å²) < 4.78 is 2.30. The molecule has 8 rings (SSSR count). The van der Waals surface area contributed by atoms with Crippen LogP contribution in [-0.2, 0) is 42.7 Å². The maximum absolute atomic E-state index is 12.6. The third kappa shape index (κ3) is 10.1. The number of hydrogen-bond acceptors (Lipinski definition) is 3. The van der Waals surface area contributed by atoms with Crippen molar-refractivity contribution in [2.75, 3.05) is 0 Å². The molecule has 8 aromatic rings. The van der Waals surface area contributed by atoms with Crippen molar-refractivity contribution in [3.05, 3.63) is 162 Å². The SMILES string of the molecule is CC(C)(C)c1ccc(-c2ccnc(-c3[c-]c(-c4cccc5c4nc(-c4cc(C(C)(C)C)cc(C(C)(C)C)c4O)n5-c4ccc([Si](C)(C)C)cc4-c4ccccc4)cc(C(C)(C)C)c3)c2)cc1.[Pt]. The molecule has 1 N–H and O–H groups in total. The number of para-hydroxylation sites is 1. The van der Waals surface area contributed by atoms with E-state index in [2.05, 4.69) is 241 Å². The number of nitrogens with zero attached hydrogens (tertiary/aromatic N) is 3. The number of fused-ring (bicyclic) bond motifs is 1. The van der Waals surface area contributed by atoms with Crippen LogP contribution in [0.3, 0.4) is 0 Å². The molecule has 0 unspecified atom stereocenters. The molecule has 2 aromatic heterocycles. The topological polar surface area (TPSA) is 50.9 Å². The number of phenols is 1. The molecule has 0 aliphatic heterocycles. The number of rotatable bonds is 7. The summed E-state index contributed by atoms with van der Waals surface area (Å²) in [6, 6.07) is 50.1. The van der Waals surface area contributed by atoms with Crippen LogP contribution in [0.1, 0.15) is 105 Å². The van der Waals surface area contributed by atoms with E-state index in [0.29, 0.717) is 11.4 Å². The van der Waals surface area contributed by atoms with Gasteiger partial charge < -0.3 is 5.11 Å². The quantitative estimate of drug-likeness (QED) is 0.128. The number of aromatic hydroxyl groups is 1.